The number of ether oxygens (including phenoxy) is 1. The van der Waals surface area contributed by atoms with Gasteiger partial charge in [-0.25, -0.2) is 0 Å². The summed E-state index contributed by atoms with van der Waals surface area (Å²) >= 11 is 1.38. The van der Waals surface area contributed by atoms with Crippen LogP contribution < -0.4 is 4.74 Å². The maximum absolute atomic E-state index is 12.0. The van der Waals surface area contributed by atoms with Crippen molar-refractivity contribution in [2.75, 3.05) is 0 Å². The van der Waals surface area contributed by atoms with Crippen LogP contribution >= 0.6 is 11.3 Å². The second-order valence-corrected chi connectivity index (χ2v) is 4.44. The molecule has 94 valence electrons. The Labute approximate surface area is 106 Å². The van der Waals surface area contributed by atoms with E-state index in [1.165, 1.54) is 29.5 Å². The molecule has 0 unspecified atom stereocenters. The molecular weight excluding hydrogens is 260 g/mol. The number of hydrogen-bond acceptors (Lipinski definition) is 4. The molecule has 0 aliphatic rings. The number of rotatable bonds is 5. The van der Waals surface area contributed by atoms with Crippen LogP contribution in [-0.4, -0.2) is 17.4 Å². The van der Waals surface area contributed by atoms with Gasteiger partial charge in [-0.15, -0.1) is 11.3 Å². The van der Waals surface area contributed by atoms with Gasteiger partial charge in [0.25, 0.3) is 0 Å². The minimum atomic E-state index is -2.89. The Morgan fingerprint density at radius 1 is 1.44 bits per heavy atom. The molecule has 18 heavy (non-hydrogen) atoms. The monoisotopic (exact) mass is 269 g/mol. The SMILES string of the molecule is O=C(Cc1cncs1)c1cccc(OC(F)F)c1. The Balaban J connectivity index is 2.10. The normalized spacial score (nSPS) is 10.6. The average molecular weight is 269 g/mol. The average Bonchev–Trinajstić information content (AvgIpc) is 2.81. The molecule has 0 bridgehead atoms. The summed E-state index contributed by atoms with van der Waals surface area (Å²) in [6.07, 6.45) is 1.82. The van der Waals surface area contributed by atoms with E-state index in [0.29, 0.717) is 5.56 Å². The summed E-state index contributed by atoms with van der Waals surface area (Å²) in [6.45, 7) is -2.89. The lowest BCUT2D eigenvalue weighted by Crippen LogP contribution is -2.05. The summed E-state index contributed by atoms with van der Waals surface area (Å²) < 4.78 is 28.3. The molecule has 6 heteroatoms. The van der Waals surface area contributed by atoms with Gasteiger partial charge in [-0.1, -0.05) is 12.1 Å². The lowest BCUT2D eigenvalue weighted by molar-refractivity contribution is -0.0498. The summed E-state index contributed by atoms with van der Waals surface area (Å²) in [6, 6.07) is 5.78. The maximum atomic E-state index is 12.0. The third-order valence-electron chi connectivity index (χ3n) is 2.20. The molecule has 0 amide bonds. The zero-order valence-electron chi connectivity index (χ0n) is 9.18. The van der Waals surface area contributed by atoms with Crippen molar-refractivity contribution in [3.63, 3.8) is 0 Å². The number of carbonyl (C=O) groups excluding carboxylic acids is 1. The van der Waals surface area contributed by atoms with Crippen molar-refractivity contribution in [1.29, 1.82) is 0 Å². The predicted molar refractivity (Wildman–Crippen MR) is 63.2 cm³/mol. The molecule has 0 spiro atoms. The van der Waals surface area contributed by atoms with Gasteiger partial charge in [0.15, 0.2) is 5.78 Å². The van der Waals surface area contributed by atoms with E-state index >= 15 is 0 Å². The molecule has 2 aromatic rings. The first kappa shape index (κ1) is 12.6. The van der Waals surface area contributed by atoms with Gasteiger partial charge in [-0.2, -0.15) is 8.78 Å². The Morgan fingerprint density at radius 2 is 2.28 bits per heavy atom. The lowest BCUT2D eigenvalue weighted by atomic mass is 10.1. The Morgan fingerprint density at radius 3 is 2.94 bits per heavy atom. The molecule has 2 rings (SSSR count). The summed E-state index contributed by atoms with van der Waals surface area (Å²) in [5.74, 6) is -0.167. The number of carbonyl (C=O) groups is 1. The molecule has 0 aliphatic heterocycles. The number of thiazole rings is 1. The fraction of sp³-hybridized carbons (Fsp3) is 0.167. The fourth-order valence-electron chi connectivity index (χ4n) is 1.44. The highest BCUT2D eigenvalue weighted by atomic mass is 32.1. The van der Waals surface area contributed by atoms with Crippen LogP contribution in [0.5, 0.6) is 5.75 Å². The van der Waals surface area contributed by atoms with Crippen LogP contribution in [0.4, 0.5) is 8.78 Å². The zero-order chi connectivity index (χ0) is 13.0. The third kappa shape index (κ3) is 3.33. The molecule has 0 aliphatic carbocycles. The molecule has 0 N–H and O–H groups in total. The first-order chi connectivity index (χ1) is 8.65. The third-order valence-corrected chi connectivity index (χ3v) is 2.98. The van der Waals surface area contributed by atoms with Gasteiger partial charge in [0.1, 0.15) is 5.75 Å². The highest BCUT2D eigenvalue weighted by molar-refractivity contribution is 7.09. The molecule has 0 saturated carbocycles. The molecule has 0 saturated heterocycles. The van der Waals surface area contributed by atoms with Crippen molar-refractivity contribution in [3.8, 4) is 5.75 Å². The topological polar surface area (TPSA) is 39.2 Å². The van der Waals surface area contributed by atoms with Gasteiger partial charge < -0.3 is 4.74 Å². The number of Topliss-reactive ketones (excluding diaryl/α,β-unsaturated/α-hetero) is 1. The van der Waals surface area contributed by atoms with Gasteiger partial charge in [0, 0.05) is 23.1 Å². The second-order valence-electron chi connectivity index (χ2n) is 3.47. The second kappa shape index (κ2) is 5.68. The molecule has 0 atom stereocenters. The Kier molecular flexibility index (Phi) is 3.99. The Hall–Kier alpha value is -1.82. The van der Waals surface area contributed by atoms with Crippen molar-refractivity contribution in [1.82, 2.24) is 4.98 Å². The van der Waals surface area contributed by atoms with Crippen molar-refractivity contribution in [2.24, 2.45) is 0 Å². The number of halogens is 2. The number of aromatic nitrogens is 1. The van der Waals surface area contributed by atoms with E-state index in [9.17, 15) is 13.6 Å². The van der Waals surface area contributed by atoms with Crippen LogP contribution in [0.15, 0.2) is 36.0 Å². The number of alkyl halides is 2. The van der Waals surface area contributed by atoms with Crippen molar-refractivity contribution in [2.45, 2.75) is 13.0 Å². The summed E-state index contributed by atoms with van der Waals surface area (Å²) in [7, 11) is 0. The Bertz CT molecular complexity index is 529. The largest absolute Gasteiger partial charge is 0.435 e. The van der Waals surface area contributed by atoms with Crippen LogP contribution in [0.3, 0.4) is 0 Å². The molecule has 1 aromatic carbocycles. The lowest BCUT2D eigenvalue weighted by Gasteiger charge is -2.05. The predicted octanol–water partition coefficient (Wildman–Crippen LogP) is 3.17. The minimum Gasteiger partial charge on any atom is -0.435 e. The molecule has 1 heterocycles. The highest BCUT2D eigenvalue weighted by Gasteiger charge is 2.11. The van der Waals surface area contributed by atoms with E-state index in [0.717, 1.165) is 4.88 Å². The van der Waals surface area contributed by atoms with Crippen LogP contribution in [0.2, 0.25) is 0 Å². The van der Waals surface area contributed by atoms with Crippen molar-refractivity contribution >= 4 is 17.1 Å². The van der Waals surface area contributed by atoms with E-state index in [4.69, 9.17) is 0 Å². The molecule has 0 radical (unpaired) electrons. The first-order valence-electron chi connectivity index (χ1n) is 5.10. The first-order valence-corrected chi connectivity index (χ1v) is 5.98. The van der Waals surface area contributed by atoms with E-state index < -0.39 is 6.61 Å². The number of ketones is 1. The van der Waals surface area contributed by atoms with Crippen molar-refractivity contribution < 1.29 is 18.3 Å². The van der Waals surface area contributed by atoms with E-state index in [2.05, 4.69) is 9.72 Å². The standard InChI is InChI=1S/C12H9F2NO2S/c13-12(14)17-9-3-1-2-8(4-9)11(16)5-10-6-15-7-18-10/h1-4,6-7,12H,5H2. The van der Waals surface area contributed by atoms with Gasteiger partial charge in [0.2, 0.25) is 0 Å². The fourth-order valence-corrected chi connectivity index (χ4v) is 2.03. The highest BCUT2D eigenvalue weighted by Crippen LogP contribution is 2.18. The smallest absolute Gasteiger partial charge is 0.387 e. The summed E-state index contributed by atoms with van der Waals surface area (Å²) in [5, 5.41) is 0. The number of nitrogens with zero attached hydrogens (tertiary/aromatic N) is 1. The van der Waals surface area contributed by atoms with Gasteiger partial charge >= 0.3 is 6.61 Å². The van der Waals surface area contributed by atoms with E-state index in [1.54, 1.807) is 17.8 Å². The van der Waals surface area contributed by atoms with Crippen LogP contribution in [0.1, 0.15) is 15.2 Å². The van der Waals surface area contributed by atoms with Crippen LogP contribution in [0, 0.1) is 0 Å². The minimum absolute atomic E-state index is 0.0137. The summed E-state index contributed by atoms with van der Waals surface area (Å²) in [5.41, 5.74) is 1.99. The summed E-state index contributed by atoms with van der Waals surface area (Å²) in [4.78, 5) is 16.6. The van der Waals surface area contributed by atoms with Gasteiger partial charge in [0.05, 0.1) is 5.51 Å². The quantitative estimate of drug-likeness (QED) is 0.783. The van der Waals surface area contributed by atoms with Gasteiger partial charge in [-0.3, -0.25) is 9.78 Å². The maximum Gasteiger partial charge on any atom is 0.387 e. The molecular formula is C12H9F2NO2S. The molecule has 1 aromatic heterocycles. The molecule has 0 fully saturated rings. The van der Waals surface area contributed by atoms with E-state index in [-0.39, 0.29) is 18.0 Å². The number of benzene rings is 1. The van der Waals surface area contributed by atoms with Gasteiger partial charge in [-0.05, 0) is 12.1 Å². The van der Waals surface area contributed by atoms with Crippen LogP contribution in [-0.2, 0) is 6.42 Å². The molecule has 3 nitrogen and oxygen atoms in total. The zero-order valence-corrected chi connectivity index (χ0v) is 9.99. The van der Waals surface area contributed by atoms with Crippen molar-refractivity contribution in [3.05, 3.63) is 46.4 Å². The number of hydrogen-bond donors (Lipinski definition) is 0. The van der Waals surface area contributed by atoms with Crippen LogP contribution in [0.25, 0.3) is 0 Å². The van der Waals surface area contributed by atoms with E-state index in [1.807, 2.05) is 0 Å².